The minimum absolute atomic E-state index is 0.523. The molecule has 0 aliphatic heterocycles. The summed E-state index contributed by atoms with van der Waals surface area (Å²) < 4.78 is 1.80. The summed E-state index contributed by atoms with van der Waals surface area (Å²) in [7, 11) is 4.02. The summed E-state index contributed by atoms with van der Waals surface area (Å²) in [5.74, 6) is 0. The third-order valence-corrected chi connectivity index (χ3v) is 3.87. The molecule has 0 amide bonds. The molecular formula is C16H22ClN3O. The average molecular weight is 308 g/mol. The van der Waals surface area contributed by atoms with Gasteiger partial charge in [-0.2, -0.15) is 5.10 Å². The van der Waals surface area contributed by atoms with Crippen molar-refractivity contribution in [1.82, 2.24) is 14.7 Å². The highest BCUT2D eigenvalue weighted by atomic mass is 35.5. The number of aromatic nitrogens is 2. The van der Waals surface area contributed by atoms with Crippen LogP contribution in [0, 0.1) is 6.92 Å². The first-order valence-electron chi connectivity index (χ1n) is 7.07. The number of aryl methyl sites for hydroxylation is 1. The number of aliphatic hydroxyl groups is 1. The molecule has 0 saturated heterocycles. The van der Waals surface area contributed by atoms with Crippen LogP contribution in [0.3, 0.4) is 0 Å². The van der Waals surface area contributed by atoms with E-state index in [1.54, 1.807) is 10.9 Å². The van der Waals surface area contributed by atoms with Crippen LogP contribution in [0.5, 0.6) is 0 Å². The second-order valence-corrected chi connectivity index (χ2v) is 5.96. The Balaban J connectivity index is 2.17. The lowest BCUT2D eigenvalue weighted by atomic mass is 10.0. The molecular weight excluding hydrogens is 286 g/mol. The molecule has 2 rings (SSSR count). The topological polar surface area (TPSA) is 41.3 Å². The maximum atomic E-state index is 10.6. The van der Waals surface area contributed by atoms with E-state index in [1.165, 1.54) is 5.56 Å². The van der Waals surface area contributed by atoms with E-state index >= 15 is 0 Å². The molecule has 4 nitrogen and oxygen atoms in total. The van der Waals surface area contributed by atoms with Gasteiger partial charge in [-0.25, -0.2) is 0 Å². The van der Waals surface area contributed by atoms with Gasteiger partial charge in [0.25, 0.3) is 0 Å². The Morgan fingerprint density at radius 1 is 1.33 bits per heavy atom. The van der Waals surface area contributed by atoms with Crippen molar-refractivity contribution < 1.29 is 5.11 Å². The van der Waals surface area contributed by atoms with Gasteiger partial charge in [0.1, 0.15) is 6.10 Å². The highest BCUT2D eigenvalue weighted by Crippen LogP contribution is 2.26. The van der Waals surface area contributed by atoms with E-state index in [-0.39, 0.29) is 0 Å². The maximum Gasteiger partial charge on any atom is 0.101 e. The van der Waals surface area contributed by atoms with E-state index in [0.717, 1.165) is 12.1 Å². The number of benzene rings is 1. The van der Waals surface area contributed by atoms with Gasteiger partial charge in [-0.1, -0.05) is 35.9 Å². The first-order valence-corrected chi connectivity index (χ1v) is 7.45. The van der Waals surface area contributed by atoms with Crippen molar-refractivity contribution in [1.29, 1.82) is 0 Å². The van der Waals surface area contributed by atoms with Gasteiger partial charge in [-0.15, -0.1) is 0 Å². The molecule has 0 radical (unpaired) electrons. The van der Waals surface area contributed by atoms with Crippen LogP contribution in [0.25, 0.3) is 0 Å². The zero-order valence-electron chi connectivity index (χ0n) is 12.8. The summed E-state index contributed by atoms with van der Waals surface area (Å²) in [6, 6.07) is 8.07. The van der Waals surface area contributed by atoms with Gasteiger partial charge in [0.2, 0.25) is 0 Å². The van der Waals surface area contributed by atoms with Crippen molar-refractivity contribution in [2.24, 2.45) is 0 Å². The molecule has 5 heteroatoms. The lowest BCUT2D eigenvalue weighted by molar-refractivity contribution is 0.165. The molecule has 1 aromatic carbocycles. The number of hydrogen-bond donors (Lipinski definition) is 1. The molecule has 0 bridgehead atoms. The molecule has 1 aromatic heterocycles. The van der Waals surface area contributed by atoms with Gasteiger partial charge < -0.3 is 10.0 Å². The minimum Gasteiger partial charge on any atom is -0.386 e. The van der Waals surface area contributed by atoms with Crippen LogP contribution in [-0.4, -0.2) is 40.4 Å². The fourth-order valence-electron chi connectivity index (χ4n) is 2.32. The Morgan fingerprint density at radius 3 is 2.71 bits per heavy atom. The number of nitrogens with zero attached hydrogens (tertiary/aromatic N) is 3. The molecule has 1 unspecified atom stereocenters. The van der Waals surface area contributed by atoms with Crippen LogP contribution in [0.1, 0.15) is 22.9 Å². The Bertz CT molecular complexity index is 595. The van der Waals surface area contributed by atoms with Gasteiger partial charge >= 0.3 is 0 Å². The van der Waals surface area contributed by atoms with Crippen LogP contribution in [-0.2, 0) is 13.0 Å². The molecule has 1 N–H and O–H groups in total. The Hall–Kier alpha value is -1.36. The third kappa shape index (κ3) is 4.06. The molecule has 1 heterocycles. The van der Waals surface area contributed by atoms with Gasteiger partial charge in [-0.3, -0.25) is 4.68 Å². The Labute approximate surface area is 131 Å². The van der Waals surface area contributed by atoms with Crippen molar-refractivity contribution in [2.45, 2.75) is 26.0 Å². The second kappa shape index (κ2) is 7.07. The molecule has 0 aliphatic carbocycles. The van der Waals surface area contributed by atoms with Crippen LogP contribution in [0.15, 0.2) is 30.5 Å². The normalized spacial score (nSPS) is 12.9. The highest BCUT2D eigenvalue weighted by Gasteiger charge is 2.19. The predicted octanol–water partition coefficient (Wildman–Crippen LogP) is 2.68. The number of hydrogen-bond acceptors (Lipinski definition) is 3. The van der Waals surface area contributed by atoms with Gasteiger partial charge in [-0.05, 0) is 32.1 Å². The Morgan fingerprint density at radius 2 is 2.05 bits per heavy atom. The minimum atomic E-state index is -0.650. The maximum absolute atomic E-state index is 10.6. The van der Waals surface area contributed by atoms with E-state index in [4.69, 9.17) is 11.6 Å². The zero-order chi connectivity index (χ0) is 15.4. The molecule has 21 heavy (non-hydrogen) atoms. The smallest absolute Gasteiger partial charge is 0.101 e. The monoisotopic (exact) mass is 307 g/mol. The molecule has 2 aromatic rings. The molecule has 0 fully saturated rings. The van der Waals surface area contributed by atoms with Gasteiger partial charge in [0, 0.05) is 13.0 Å². The standard InChI is InChI=1S/C16H22ClN3O/c1-12-6-4-5-7-13(12)10-15(21)16-14(17)11-18-20(16)9-8-19(2)3/h4-7,11,15,21H,8-10H2,1-3H3. The number of rotatable bonds is 6. The summed E-state index contributed by atoms with van der Waals surface area (Å²) in [6.45, 7) is 3.61. The van der Waals surface area contributed by atoms with E-state index in [9.17, 15) is 5.11 Å². The molecule has 114 valence electrons. The predicted molar refractivity (Wildman–Crippen MR) is 85.6 cm³/mol. The largest absolute Gasteiger partial charge is 0.386 e. The third-order valence-electron chi connectivity index (χ3n) is 3.58. The summed E-state index contributed by atoms with van der Waals surface area (Å²) in [4.78, 5) is 2.08. The summed E-state index contributed by atoms with van der Waals surface area (Å²) in [5, 5.41) is 15.3. The van der Waals surface area contributed by atoms with E-state index in [0.29, 0.717) is 23.7 Å². The van der Waals surface area contributed by atoms with E-state index in [1.807, 2.05) is 45.3 Å². The second-order valence-electron chi connectivity index (χ2n) is 5.55. The molecule has 0 aliphatic rings. The first kappa shape index (κ1) is 16.0. The average Bonchev–Trinajstić information content (AvgIpc) is 2.80. The van der Waals surface area contributed by atoms with Crippen LogP contribution in [0.2, 0.25) is 5.02 Å². The summed E-state index contributed by atoms with van der Waals surface area (Å²) in [5.41, 5.74) is 3.00. The molecule has 0 spiro atoms. The molecule has 1 atom stereocenters. The summed E-state index contributed by atoms with van der Waals surface area (Å²) in [6.07, 6.45) is 1.50. The van der Waals surface area contributed by atoms with E-state index < -0.39 is 6.10 Å². The lowest BCUT2D eigenvalue weighted by Crippen LogP contribution is -2.21. The van der Waals surface area contributed by atoms with E-state index in [2.05, 4.69) is 10.00 Å². The number of likely N-dealkylation sites (N-methyl/N-ethyl adjacent to an activating group) is 1. The number of aliphatic hydroxyl groups excluding tert-OH is 1. The lowest BCUT2D eigenvalue weighted by Gasteiger charge is -2.17. The van der Waals surface area contributed by atoms with Crippen molar-refractivity contribution in [3.8, 4) is 0 Å². The fourth-order valence-corrected chi connectivity index (χ4v) is 2.59. The zero-order valence-corrected chi connectivity index (χ0v) is 13.5. The highest BCUT2D eigenvalue weighted by molar-refractivity contribution is 6.31. The van der Waals surface area contributed by atoms with Crippen LogP contribution >= 0.6 is 11.6 Å². The quantitative estimate of drug-likeness (QED) is 0.892. The van der Waals surface area contributed by atoms with Crippen LogP contribution in [0.4, 0.5) is 0 Å². The van der Waals surface area contributed by atoms with Gasteiger partial charge in [0.05, 0.1) is 23.5 Å². The number of halogens is 1. The van der Waals surface area contributed by atoms with Crippen molar-refractivity contribution in [3.05, 3.63) is 52.3 Å². The van der Waals surface area contributed by atoms with Gasteiger partial charge in [0.15, 0.2) is 0 Å². The van der Waals surface area contributed by atoms with Crippen LogP contribution < -0.4 is 0 Å². The fraction of sp³-hybridized carbons (Fsp3) is 0.438. The van der Waals surface area contributed by atoms with Crippen molar-refractivity contribution in [2.75, 3.05) is 20.6 Å². The van der Waals surface area contributed by atoms with Crippen molar-refractivity contribution >= 4 is 11.6 Å². The summed E-state index contributed by atoms with van der Waals surface area (Å²) >= 11 is 6.20. The first-order chi connectivity index (χ1) is 9.99. The Kier molecular flexibility index (Phi) is 5.39. The SMILES string of the molecule is Cc1ccccc1CC(O)c1c(Cl)cnn1CCN(C)C. The van der Waals surface area contributed by atoms with Crippen molar-refractivity contribution in [3.63, 3.8) is 0 Å². The molecule has 0 saturated carbocycles.